The molecule has 0 amide bonds. The topological polar surface area (TPSA) is 25.8 Å². The van der Waals surface area contributed by atoms with E-state index in [1.165, 1.54) is 10.6 Å². The van der Waals surface area contributed by atoms with Gasteiger partial charge in [0.25, 0.3) is 0 Å². The summed E-state index contributed by atoms with van der Waals surface area (Å²) in [4.78, 5) is 9.17. The maximum atomic E-state index is 6.20. The van der Waals surface area contributed by atoms with Crippen LogP contribution < -0.4 is 10.6 Å². The minimum absolute atomic E-state index is 0.763. The van der Waals surface area contributed by atoms with Gasteiger partial charge in [0.1, 0.15) is 0 Å². The molecule has 0 radical (unpaired) electrons. The molecule has 0 fully saturated rings. The van der Waals surface area contributed by atoms with Crippen molar-refractivity contribution in [1.29, 1.82) is 0 Å². The zero-order valence-corrected chi connectivity index (χ0v) is 15.5. The van der Waals surface area contributed by atoms with Gasteiger partial charge in [-0.2, -0.15) is 0 Å². The van der Waals surface area contributed by atoms with Crippen LogP contribution in [0.15, 0.2) is 71.9 Å². The third-order valence-electron chi connectivity index (χ3n) is 3.36. The Hall–Kier alpha value is -1.48. The summed E-state index contributed by atoms with van der Waals surface area (Å²) in [7, 11) is 0. The summed E-state index contributed by atoms with van der Waals surface area (Å²) in [5.74, 6) is 0. The van der Waals surface area contributed by atoms with Gasteiger partial charge in [-0.05, 0) is 41.9 Å². The highest BCUT2D eigenvalue weighted by Gasteiger charge is 2.25. The van der Waals surface area contributed by atoms with Crippen LogP contribution in [-0.4, -0.2) is 9.97 Å². The molecule has 0 N–H and O–H groups in total. The summed E-state index contributed by atoms with van der Waals surface area (Å²) in [5.41, 5.74) is 1.95. The van der Waals surface area contributed by atoms with Crippen molar-refractivity contribution in [1.82, 2.24) is 9.97 Å². The molecule has 0 aliphatic carbocycles. The van der Waals surface area contributed by atoms with Crippen LogP contribution >= 0.6 is 16.6 Å². The van der Waals surface area contributed by atoms with Gasteiger partial charge in [-0.1, -0.05) is 72.5 Å². The Morgan fingerprint density at radius 2 is 1.22 bits per heavy atom. The number of nitrogens with zero attached hydrogens (tertiary/aromatic N) is 2. The molecule has 1 aromatic heterocycles. The van der Waals surface area contributed by atoms with Gasteiger partial charge in [-0.3, -0.25) is 0 Å². The summed E-state index contributed by atoms with van der Waals surface area (Å²) in [6.45, 7) is 3.99. The molecule has 0 unspecified atom stereocenters. The molecule has 2 aromatic carbocycles. The lowest BCUT2D eigenvalue weighted by molar-refractivity contribution is 0.907. The third-order valence-corrected chi connectivity index (χ3v) is 10.4. The largest absolute Gasteiger partial charge is 0.228 e. The Kier molecular flexibility index (Phi) is 4.96. The molecular weight excluding hydrogens is 339 g/mol. The van der Waals surface area contributed by atoms with Gasteiger partial charge in [-0.25, -0.2) is 9.97 Å². The molecule has 0 bridgehead atoms. The van der Waals surface area contributed by atoms with Crippen LogP contribution in [0, 0.1) is 13.8 Å². The molecule has 116 valence electrons. The lowest BCUT2D eigenvalue weighted by atomic mass is 10.4. The van der Waals surface area contributed by atoms with E-state index in [1.807, 2.05) is 56.3 Å². The second-order valence-electron chi connectivity index (χ2n) is 5.25. The predicted octanol–water partition coefficient (Wildman–Crippen LogP) is 4.23. The lowest BCUT2D eigenvalue weighted by Gasteiger charge is -2.21. The molecule has 2 nitrogen and oxygen atoms in total. The maximum absolute atomic E-state index is 6.20. The van der Waals surface area contributed by atoms with Gasteiger partial charge in [-0.15, -0.1) is 0 Å². The molecule has 0 spiro atoms. The van der Waals surface area contributed by atoms with Crippen molar-refractivity contribution in [2.75, 3.05) is 0 Å². The van der Waals surface area contributed by atoms with Crippen molar-refractivity contribution in [2.24, 2.45) is 0 Å². The highest BCUT2D eigenvalue weighted by Crippen LogP contribution is 2.59. The Labute approximate surface area is 146 Å². The number of benzene rings is 2. The normalized spacial score (nSPS) is 11.4. The molecular formula is C18H17N2PS2. The number of hydrogen-bond donors (Lipinski definition) is 0. The zero-order valence-electron chi connectivity index (χ0n) is 13.0. The van der Waals surface area contributed by atoms with Crippen LogP contribution in [0.1, 0.15) is 11.4 Å². The first-order valence-electron chi connectivity index (χ1n) is 7.31. The summed E-state index contributed by atoms with van der Waals surface area (Å²) >= 11 is 7.83. The molecule has 1 heterocycles. The molecule has 0 aliphatic rings. The summed E-state index contributed by atoms with van der Waals surface area (Å²) in [6.07, 6.45) is 0. The first-order chi connectivity index (χ1) is 11.1. The van der Waals surface area contributed by atoms with Crippen LogP contribution in [0.3, 0.4) is 0 Å². The van der Waals surface area contributed by atoms with Gasteiger partial charge in [0.2, 0.25) is 0 Å². The van der Waals surface area contributed by atoms with E-state index in [4.69, 9.17) is 11.8 Å². The molecule has 23 heavy (non-hydrogen) atoms. The maximum Gasteiger partial charge on any atom is 0.193 e. The van der Waals surface area contributed by atoms with E-state index in [2.05, 4.69) is 34.2 Å². The van der Waals surface area contributed by atoms with E-state index in [1.54, 1.807) is 11.4 Å². The van der Waals surface area contributed by atoms with Crippen molar-refractivity contribution in [2.45, 2.75) is 19.0 Å². The van der Waals surface area contributed by atoms with Crippen LogP contribution in [0.2, 0.25) is 0 Å². The number of rotatable bonds is 4. The van der Waals surface area contributed by atoms with Crippen LogP contribution in [0.4, 0.5) is 0 Å². The van der Waals surface area contributed by atoms with E-state index < -0.39 is 5.24 Å². The van der Waals surface area contributed by atoms with E-state index in [9.17, 15) is 0 Å². The quantitative estimate of drug-likeness (QED) is 0.516. The molecule has 0 aliphatic heterocycles. The molecule has 0 saturated carbocycles. The smallest absolute Gasteiger partial charge is 0.193 e. The summed E-state index contributed by atoms with van der Waals surface area (Å²) in [6, 6.07) is 22.7. The molecule has 3 aromatic rings. The minimum Gasteiger partial charge on any atom is -0.228 e. The zero-order chi connectivity index (χ0) is 16.3. The van der Waals surface area contributed by atoms with Crippen molar-refractivity contribution in [3.8, 4) is 0 Å². The SMILES string of the molecule is Cc1cc(C)nc(SP(=S)(c2ccccc2)c2ccccc2)n1. The second kappa shape index (κ2) is 6.96. The highest BCUT2D eigenvalue weighted by molar-refractivity contribution is 8.75. The first-order valence-corrected chi connectivity index (χ1v) is 11.5. The fourth-order valence-corrected chi connectivity index (χ4v) is 8.22. The van der Waals surface area contributed by atoms with Gasteiger partial charge >= 0.3 is 0 Å². The van der Waals surface area contributed by atoms with Gasteiger partial charge in [0.05, 0.1) is 5.24 Å². The summed E-state index contributed by atoms with van der Waals surface area (Å²) < 4.78 is 0. The Morgan fingerprint density at radius 3 is 1.65 bits per heavy atom. The Balaban J connectivity index is 2.11. The van der Waals surface area contributed by atoms with Crippen molar-refractivity contribution in [3.63, 3.8) is 0 Å². The van der Waals surface area contributed by atoms with E-state index in [0.717, 1.165) is 16.5 Å². The fourth-order valence-electron chi connectivity index (χ4n) is 2.35. The number of aryl methyl sites for hydroxylation is 2. The minimum atomic E-state index is -2.06. The van der Waals surface area contributed by atoms with Crippen LogP contribution in [0.5, 0.6) is 0 Å². The van der Waals surface area contributed by atoms with Gasteiger partial charge in [0.15, 0.2) is 5.16 Å². The number of aromatic nitrogens is 2. The predicted molar refractivity (Wildman–Crippen MR) is 104 cm³/mol. The monoisotopic (exact) mass is 356 g/mol. The van der Waals surface area contributed by atoms with E-state index in [-0.39, 0.29) is 0 Å². The fraction of sp³-hybridized carbons (Fsp3) is 0.111. The highest BCUT2D eigenvalue weighted by atomic mass is 32.9. The van der Waals surface area contributed by atoms with Crippen LogP contribution in [-0.2, 0) is 11.8 Å². The molecule has 0 saturated heterocycles. The average molecular weight is 356 g/mol. The first kappa shape index (κ1) is 16.4. The Morgan fingerprint density at radius 1 is 0.783 bits per heavy atom. The molecule has 3 rings (SSSR count). The molecule has 5 heteroatoms. The second-order valence-corrected chi connectivity index (χ2v) is 12.5. The summed E-state index contributed by atoms with van der Waals surface area (Å²) in [5, 5.41) is 1.05. The lowest BCUT2D eigenvalue weighted by Crippen LogP contribution is -2.13. The van der Waals surface area contributed by atoms with E-state index >= 15 is 0 Å². The van der Waals surface area contributed by atoms with Crippen molar-refractivity contribution >= 4 is 39.0 Å². The van der Waals surface area contributed by atoms with Gasteiger partial charge < -0.3 is 0 Å². The molecule has 0 atom stereocenters. The standard InChI is InChI=1S/C18H17N2PS2/c1-14-13-15(2)20-18(19-14)23-21(22,16-9-5-3-6-10-16)17-11-7-4-8-12-17/h3-13H,1-2H3. The van der Waals surface area contributed by atoms with Gasteiger partial charge in [0, 0.05) is 11.4 Å². The van der Waals surface area contributed by atoms with E-state index in [0.29, 0.717) is 0 Å². The van der Waals surface area contributed by atoms with Crippen molar-refractivity contribution < 1.29 is 0 Å². The Bertz CT molecular complexity index is 788. The average Bonchev–Trinajstić information content (AvgIpc) is 2.55. The number of hydrogen-bond acceptors (Lipinski definition) is 4. The van der Waals surface area contributed by atoms with Crippen molar-refractivity contribution in [3.05, 3.63) is 78.1 Å². The van der Waals surface area contributed by atoms with Crippen LogP contribution in [0.25, 0.3) is 0 Å². The third kappa shape index (κ3) is 3.72.